The summed E-state index contributed by atoms with van der Waals surface area (Å²) in [6, 6.07) is 5.11. The van der Waals surface area contributed by atoms with Crippen molar-refractivity contribution in [2.75, 3.05) is 0 Å². The van der Waals surface area contributed by atoms with E-state index in [4.69, 9.17) is 15.7 Å². The highest BCUT2D eigenvalue weighted by molar-refractivity contribution is 5.97. The highest BCUT2D eigenvalue weighted by atomic mass is 19.1. The van der Waals surface area contributed by atoms with Crippen LogP contribution >= 0.6 is 0 Å². The number of ether oxygens (including phenoxy) is 1. The Hall–Kier alpha value is -2.70. The molecule has 5 nitrogen and oxygen atoms in total. The Balaban J connectivity index is 2.11. The van der Waals surface area contributed by atoms with Gasteiger partial charge in [0.1, 0.15) is 12.4 Å². The molecule has 20 heavy (non-hydrogen) atoms. The van der Waals surface area contributed by atoms with Crippen LogP contribution in [0.1, 0.15) is 11.1 Å². The van der Waals surface area contributed by atoms with Gasteiger partial charge in [0, 0.05) is 17.3 Å². The summed E-state index contributed by atoms with van der Waals surface area (Å²) in [7, 11) is 0. The first-order chi connectivity index (χ1) is 9.60. The normalized spacial score (nSPS) is 11.4. The Bertz CT molecular complexity index is 647. The number of benzene rings is 1. The van der Waals surface area contributed by atoms with Gasteiger partial charge < -0.3 is 15.7 Å². The first-order valence-corrected chi connectivity index (χ1v) is 5.60. The number of pyridine rings is 1. The Morgan fingerprint density at radius 1 is 1.30 bits per heavy atom. The Morgan fingerprint density at radius 3 is 2.75 bits per heavy atom. The molecule has 0 bridgehead atoms. The van der Waals surface area contributed by atoms with Gasteiger partial charge >= 0.3 is 0 Å². The van der Waals surface area contributed by atoms with Gasteiger partial charge in [0.15, 0.2) is 17.4 Å². The standard InChI is InChI=1S/C13H11F2N3O2/c14-10-3-8(5-17-6-10)7-20-12-2-1-9(4-11(12)15)13(16)18-19/h1-6,19H,7H2,(H2,16,18). The number of nitrogens with zero attached hydrogens (tertiary/aromatic N) is 2. The van der Waals surface area contributed by atoms with Gasteiger partial charge in [-0.25, -0.2) is 8.78 Å². The van der Waals surface area contributed by atoms with Crippen LogP contribution in [0.25, 0.3) is 0 Å². The molecule has 0 amide bonds. The lowest BCUT2D eigenvalue weighted by Gasteiger charge is -2.08. The summed E-state index contributed by atoms with van der Waals surface area (Å²) in [5, 5.41) is 11.3. The largest absolute Gasteiger partial charge is 0.486 e. The number of aromatic nitrogens is 1. The molecule has 2 rings (SSSR count). The molecule has 0 aliphatic rings. The predicted octanol–water partition coefficient (Wildman–Crippen LogP) is 2.03. The first kappa shape index (κ1) is 13.7. The molecule has 0 atom stereocenters. The number of nitrogens with two attached hydrogens (primary N) is 1. The van der Waals surface area contributed by atoms with Crippen LogP contribution in [0.5, 0.6) is 5.75 Å². The van der Waals surface area contributed by atoms with Crippen LogP contribution in [-0.4, -0.2) is 16.0 Å². The third-order valence-electron chi connectivity index (χ3n) is 2.49. The van der Waals surface area contributed by atoms with Crippen LogP contribution in [0.2, 0.25) is 0 Å². The van der Waals surface area contributed by atoms with E-state index < -0.39 is 11.6 Å². The minimum atomic E-state index is -0.668. The topological polar surface area (TPSA) is 80.7 Å². The maximum Gasteiger partial charge on any atom is 0.170 e. The van der Waals surface area contributed by atoms with Crippen LogP contribution < -0.4 is 10.5 Å². The second-order valence-corrected chi connectivity index (χ2v) is 3.93. The molecule has 0 aliphatic carbocycles. The van der Waals surface area contributed by atoms with Gasteiger partial charge in [0.2, 0.25) is 0 Å². The zero-order chi connectivity index (χ0) is 14.5. The molecule has 0 fully saturated rings. The van der Waals surface area contributed by atoms with Gasteiger partial charge in [-0.05, 0) is 24.3 Å². The lowest BCUT2D eigenvalue weighted by Crippen LogP contribution is -2.13. The maximum atomic E-state index is 13.7. The summed E-state index contributed by atoms with van der Waals surface area (Å²) in [5.41, 5.74) is 6.04. The monoisotopic (exact) mass is 279 g/mol. The number of amidine groups is 1. The van der Waals surface area contributed by atoms with Gasteiger partial charge in [0.25, 0.3) is 0 Å². The minimum absolute atomic E-state index is 0.0232. The lowest BCUT2D eigenvalue weighted by atomic mass is 10.2. The molecule has 2 aromatic rings. The summed E-state index contributed by atoms with van der Waals surface area (Å²) >= 11 is 0. The summed E-state index contributed by atoms with van der Waals surface area (Å²) in [6.07, 6.45) is 2.49. The molecule has 1 heterocycles. The molecule has 0 radical (unpaired) electrons. The van der Waals surface area contributed by atoms with E-state index in [0.29, 0.717) is 5.56 Å². The van der Waals surface area contributed by atoms with E-state index in [0.717, 1.165) is 12.3 Å². The van der Waals surface area contributed by atoms with Crippen molar-refractivity contribution in [3.63, 3.8) is 0 Å². The zero-order valence-electron chi connectivity index (χ0n) is 10.3. The average molecular weight is 279 g/mol. The van der Waals surface area contributed by atoms with Crippen molar-refractivity contribution >= 4 is 5.84 Å². The molecule has 0 saturated heterocycles. The molecular weight excluding hydrogens is 268 g/mol. The van der Waals surface area contributed by atoms with E-state index in [9.17, 15) is 8.78 Å². The number of halogens is 2. The SMILES string of the molecule is N/C(=N/O)c1ccc(OCc2cncc(F)c2)c(F)c1. The minimum Gasteiger partial charge on any atom is -0.486 e. The molecule has 0 saturated carbocycles. The van der Waals surface area contributed by atoms with Crippen molar-refractivity contribution in [2.24, 2.45) is 10.9 Å². The molecule has 3 N–H and O–H groups in total. The highest BCUT2D eigenvalue weighted by Crippen LogP contribution is 2.19. The first-order valence-electron chi connectivity index (χ1n) is 5.60. The fraction of sp³-hybridized carbons (Fsp3) is 0.0769. The van der Waals surface area contributed by atoms with E-state index in [2.05, 4.69) is 10.1 Å². The molecule has 0 spiro atoms. The van der Waals surface area contributed by atoms with Gasteiger partial charge in [-0.1, -0.05) is 5.16 Å². The van der Waals surface area contributed by atoms with Crippen molar-refractivity contribution in [1.82, 2.24) is 4.98 Å². The molecule has 1 aromatic carbocycles. The van der Waals surface area contributed by atoms with Crippen LogP contribution in [0.3, 0.4) is 0 Å². The number of hydrogen-bond donors (Lipinski definition) is 2. The van der Waals surface area contributed by atoms with E-state index in [1.165, 1.54) is 24.4 Å². The fourth-order valence-corrected chi connectivity index (χ4v) is 1.53. The van der Waals surface area contributed by atoms with Crippen LogP contribution in [-0.2, 0) is 6.61 Å². The smallest absolute Gasteiger partial charge is 0.170 e. The Kier molecular flexibility index (Phi) is 4.09. The number of oxime groups is 1. The van der Waals surface area contributed by atoms with Gasteiger partial charge in [-0.2, -0.15) is 0 Å². The van der Waals surface area contributed by atoms with Crippen LogP contribution in [0.4, 0.5) is 8.78 Å². The third kappa shape index (κ3) is 3.19. The van der Waals surface area contributed by atoms with Gasteiger partial charge in [-0.15, -0.1) is 0 Å². The molecule has 0 aliphatic heterocycles. The van der Waals surface area contributed by atoms with Crippen molar-refractivity contribution in [3.8, 4) is 5.75 Å². The molecule has 0 unspecified atom stereocenters. The number of rotatable bonds is 4. The summed E-state index contributed by atoms with van der Waals surface area (Å²) in [5.74, 6) is -1.39. The van der Waals surface area contributed by atoms with Crippen molar-refractivity contribution in [1.29, 1.82) is 0 Å². The molecular formula is C13H11F2N3O2. The fourth-order valence-electron chi connectivity index (χ4n) is 1.53. The lowest BCUT2D eigenvalue weighted by molar-refractivity contribution is 0.289. The van der Waals surface area contributed by atoms with E-state index >= 15 is 0 Å². The predicted molar refractivity (Wildman–Crippen MR) is 67.4 cm³/mol. The van der Waals surface area contributed by atoms with Crippen molar-refractivity contribution < 1.29 is 18.7 Å². The van der Waals surface area contributed by atoms with E-state index in [1.807, 2.05) is 0 Å². The molecule has 1 aromatic heterocycles. The van der Waals surface area contributed by atoms with E-state index in [1.54, 1.807) is 0 Å². The van der Waals surface area contributed by atoms with Crippen molar-refractivity contribution in [2.45, 2.75) is 6.61 Å². The Labute approximate surface area is 113 Å². The summed E-state index contributed by atoms with van der Waals surface area (Å²) in [6.45, 7) is -0.0232. The highest BCUT2D eigenvalue weighted by Gasteiger charge is 2.08. The molecule has 104 valence electrons. The second kappa shape index (κ2) is 5.96. The quantitative estimate of drug-likeness (QED) is 0.388. The molecule has 7 heteroatoms. The second-order valence-electron chi connectivity index (χ2n) is 3.93. The van der Waals surface area contributed by atoms with Gasteiger partial charge in [-0.3, -0.25) is 4.98 Å². The summed E-state index contributed by atoms with van der Waals surface area (Å²) < 4.78 is 31.9. The average Bonchev–Trinajstić information content (AvgIpc) is 2.45. The van der Waals surface area contributed by atoms with Crippen LogP contribution in [0, 0.1) is 11.6 Å². The van der Waals surface area contributed by atoms with Gasteiger partial charge in [0.05, 0.1) is 6.20 Å². The Morgan fingerprint density at radius 2 is 2.10 bits per heavy atom. The summed E-state index contributed by atoms with van der Waals surface area (Å²) in [4.78, 5) is 3.66. The third-order valence-corrected chi connectivity index (χ3v) is 2.49. The number of hydrogen-bond acceptors (Lipinski definition) is 4. The maximum absolute atomic E-state index is 13.7. The van der Waals surface area contributed by atoms with E-state index in [-0.39, 0.29) is 23.8 Å². The van der Waals surface area contributed by atoms with Crippen LogP contribution in [0.15, 0.2) is 41.8 Å². The van der Waals surface area contributed by atoms with Crippen molar-refractivity contribution in [3.05, 3.63) is 59.4 Å². The zero-order valence-corrected chi connectivity index (χ0v) is 10.3.